The van der Waals surface area contributed by atoms with Crippen molar-refractivity contribution in [1.29, 1.82) is 0 Å². The SMILES string of the molecule is CCCCC=C[Si](I)(I)C=CCCCC. The van der Waals surface area contributed by atoms with E-state index in [-0.39, 0.29) is 0 Å². The first-order valence-electron chi connectivity index (χ1n) is 5.85. The lowest BCUT2D eigenvalue weighted by atomic mass is 10.2. The van der Waals surface area contributed by atoms with E-state index >= 15 is 0 Å². The van der Waals surface area contributed by atoms with Crippen molar-refractivity contribution < 1.29 is 0 Å². The molecule has 0 aliphatic carbocycles. The lowest BCUT2D eigenvalue weighted by Crippen LogP contribution is -2.09. The third-order valence-electron chi connectivity index (χ3n) is 2.13. The van der Waals surface area contributed by atoms with E-state index in [4.69, 9.17) is 0 Å². The Morgan fingerprint density at radius 3 is 1.60 bits per heavy atom. The highest BCUT2D eigenvalue weighted by atomic mass is 127. The summed E-state index contributed by atoms with van der Waals surface area (Å²) in [5.41, 5.74) is 4.90. The van der Waals surface area contributed by atoms with E-state index in [9.17, 15) is 0 Å². The Bertz CT molecular complexity index is 178. The van der Waals surface area contributed by atoms with Crippen molar-refractivity contribution in [1.82, 2.24) is 0 Å². The van der Waals surface area contributed by atoms with Crippen molar-refractivity contribution >= 4 is 46.7 Å². The molecule has 0 aromatic carbocycles. The minimum Gasteiger partial charge on any atom is -0.0936 e. The number of halogens is 2. The molecule has 3 heteroatoms. The Hall–Kier alpha value is 1.16. The highest BCUT2D eigenvalue weighted by Gasteiger charge is 2.16. The third-order valence-corrected chi connectivity index (χ3v) is 7.80. The minimum absolute atomic E-state index is 1.22. The molecule has 0 spiro atoms. The fourth-order valence-electron chi connectivity index (χ4n) is 1.18. The van der Waals surface area contributed by atoms with Gasteiger partial charge < -0.3 is 0 Å². The van der Waals surface area contributed by atoms with Crippen LogP contribution >= 0.6 is 43.6 Å². The van der Waals surface area contributed by atoms with Gasteiger partial charge in [-0.2, -0.15) is 0 Å². The predicted molar refractivity (Wildman–Crippen MR) is 91.1 cm³/mol. The summed E-state index contributed by atoms with van der Waals surface area (Å²) in [7, 11) is 0. The summed E-state index contributed by atoms with van der Waals surface area (Å²) in [5.74, 6) is 0. The predicted octanol–water partition coefficient (Wildman–Crippen LogP) is 5.87. The Labute approximate surface area is 121 Å². The zero-order chi connectivity index (χ0) is 11.6. The van der Waals surface area contributed by atoms with Crippen LogP contribution in [0.25, 0.3) is 0 Å². The molecule has 88 valence electrons. The number of hydrogen-bond donors (Lipinski definition) is 0. The van der Waals surface area contributed by atoms with Gasteiger partial charge in [-0.05, 0) is 12.8 Å². The zero-order valence-corrected chi connectivity index (χ0v) is 15.1. The summed E-state index contributed by atoms with van der Waals surface area (Å²) in [5, 5.41) is 0. The molecule has 0 aliphatic rings. The van der Waals surface area contributed by atoms with Crippen LogP contribution in [-0.2, 0) is 0 Å². The molecule has 0 saturated carbocycles. The van der Waals surface area contributed by atoms with E-state index in [1.54, 1.807) is 0 Å². The first-order chi connectivity index (χ1) is 7.12. The van der Waals surface area contributed by atoms with E-state index in [1.807, 2.05) is 0 Å². The molecule has 0 bridgehead atoms. The fraction of sp³-hybridized carbons (Fsp3) is 0.667. The van der Waals surface area contributed by atoms with Crippen molar-refractivity contribution in [2.24, 2.45) is 0 Å². The van der Waals surface area contributed by atoms with E-state index in [0.717, 1.165) is 0 Å². The van der Waals surface area contributed by atoms with Crippen LogP contribution in [0.2, 0.25) is 0 Å². The molecule has 0 N–H and O–H groups in total. The van der Waals surface area contributed by atoms with Crippen molar-refractivity contribution in [3.63, 3.8) is 0 Å². The fourth-order valence-corrected chi connectivity index (χ4v) is 5.30. The van der Waals surface area contributed by atoms with Crippen LogP contribution in [-0.4, -0.2) is 3.07 Å². The standard InChI is InChI=1S/C12H22I2Si/c1-3-5-7-9-11-15(13,14)12-10-8-6-4-2/h9-12H,3-8H2,1-2H3. The summed E-state index contributed by atoms with van der Waals surface area (Å²) in [6.45, 7) is 4.49. The van der Waals surface area contributed by atoms with Gasteiger partial charge in [-0.25, -0.2) is 0 Å². The Balaban J connectivity index is 3.83. The molecule has 15 heavy (non-hydrogen) atoms. The Morgan fingerprint density at radius 1 is 0.867 bits per heavy atom. The van der Waals surface area contributed by atoms with Crippen LogP contribution in [0.5, 0.6) is 0 Å². The number of rotatable bonds is 8. The van der Waals surface area contributed by atoms with Gasteiger partial charge in [0.05, 0.1) is 0 Å². The second-order valence-electron chi connectivity index (χ2n) is 3.76. The largest absolute Gasteiger partial charge is 0.236 e. The topological polar surface area (TPSA) is 0 Å². The molecule has 0 radical (unpaired) electrons. The Kier molecular flexibility index (Phi) is 11.1. The smallest absolute Gasteiger partial charge is 0.0936 e. The maximum atomic E-state index is 2.63. The van der Waals surface area contributed by atoms with Gasteiger partial charge in [0, 0.05) is 0 Å². The molecule has 0 heterocycles. The van der Waals surface area contributed by atoms with Gasteiger partial charge in [-0.1, -0.05) is 107 Å². The average molecular weight is 448 g/mol. The first kappa shape index (κ1) is 16.2. The molecule has 0 aliphatic heterocycles. The first-order valence-corrected chi connectivity index (χ1v) is 14.2. The van der Waals surface area contributed by atoms with Crippen LogP contribution in [0.3, 0.4) is 0 Å². The van der Waals surface area contributed by atoms with Crippen LogP contribution in [0.1, 0.15) is 52.4 Å². The quantitative estimate of drug-likeness (QED) is 0.189. The van der Waals surface area contributed by atoms with E-state index in [0.29, 0.717) is 0 Å². The molecule has 0 rings (SSSR count). The highest BCUT2D eigenvalue weighted by Crippen LogP contribution is 2.25. The molecule has 0 saturated heterocycles. The normalized spacial score (nSPS) is 13.1. The van der Waals surface area contributed by atoms with Crippen molar-refractivity contribution in [3.05, 3.63) is 23.6 Å². The van der Waals surface area contributed by atoms with Crippen LogP contribution in [0, 0.1) is 0 Å². The molecule has 0 aromatic rings. The second kappa shape index (κ2) is 10.3. The van der Waals surface area contributed by atoms with Crippen LogP contribution in [0.15, 0.2) is 23.6 Å². The third kappa shape index (κ3) is 11.4. The summed E-state index contributed by atoms with van der Waals surface area (Å²) >= 11 is 5.26. The van der Waals surface area contributed by atoms with Gasteiger partial charge in [0.2, 0.25) is 3.07 Å². The molecular formula is C12H22I2Si. The number of hydrogen-bond acceptors (Lipinski definition) is 0. The highest BCUT2D eigenvalue weighted by molar-refractivity contribution is 14.3. The molecule has 0 aromatic heterocycles. The maximum Gasteiger partial charge on any atom is 0.236 e. The molecule has 0 amide bonds. The second-order valence-corrected chi connectivity index (χ2v) is 22.7. The van der Waals surface area contributed by atoms with Gasteiger partial charge in [-0.3, -0.25) is 0 Å². The monoisotopic (exact) mass is 448 g/mol. The molecule has 0 unspecified atom stereocenters. The Morgan fingerprint density at radius 2 is 1.27 bits per heavy atom. The number of unbranched alkanes of at least 4 members (excludes halogenated alkanes) is 4. The van der Waals surface area contributed by atoms with Gasteiger partial charge in [-0.15, -0.1) is 0 Å². The van der Waals surface area contributed by atoms with Crippen molar-refractivity contribution in [2.75, 3.05) is 0 Å². The average Bonchev–Trinajstić information content (AvgIpc) is 2.20. The van der Waals surface area contributed by atoms with E-state index < -0.39 is 3.07 Å². The maximum absolute atomic E-state index is 2.63. The summed E-state index contributed by atoms with van der Waals surface area (Å²) < 4.78 is -1.22. The summed E-state index contributed by atoms with van der Waals surface area (Å²) in [6, 6.07) is 0. The lowest BCUT2D eigenvalue weighted by molar-refractivity contribution is 0.815. The van der Waals surface area contributed by atoms with Crippen LogP contribution in [0.4, 0.5) is 0 Å². The molecule has 0 fully saturated rings. The van der Waals surface area contributed by atoms with E-state index in [2.05, 4.69) is 81.0 Å². The molecular weight excluding hydrogens is 426 g/mol. The summed E-state index contributed by atoms with van der Waals surface area (Å²) in [4.78, 5) is 0. The van der Waals surface area contributed by atoms with Crippen molar-refractivity contribution in [2.45, 2.75) is 52.4 Å². The lowest BCUT2D eigenvalue weighted by Gasteiger charge is -2.06. The van der Waals surface area contributed by atoms with Gasteiger partial charge in [0.25, 0.3) is 0 Å². The number of allylic oxidation sites excluding steroid dienone is 2. The van der Waals surface area contributed by atoms with Crippen molar-refractivity contribution in [3.8, 4) is 0 Å². The minimum atomic E-state index is -1.22. The van der Waals surface area contributed by atoms with Gasteiger partial charge >= 0.3 is 0 Å². The van der Waals surface area contributed by atoms with Gasteiger partial charge in [0.15, 0.2) is 0 Å². The van der Waals surface area contributed by atoms with Gasteiger partial charge in [0.1, 0.15) is 0 Å². The summed E-state index contributed by atoms with van der Waals surface area (Å²) in [6.07, 6.45) is 12.5. The molecule has 0 atom stereocenters. The molecule has 0 nitrogen and oxygen atoms in total. The van der Waals surface area contributed by atoms with Crippen LogP contribution < -0.4 is 0 Å². The zero-order valence-electron chi connectivity index (χ0n) is 9.81. The van der Waals surface area contributed by atoms with E-state index in [1.165, 1.54) is 38.5 Å².